The van der Waals surface area contributed by atoms with Gasteiger partial charge in [0.2, 0.25) is 15.9 Å². The Morgan fingerprint density at radius 3 is 2.71 bits per heavy atom. The van der Waals surface area contributed by atoms with E-state index in [2.05, 4.69) is 15.0 Å². The SMILES string of the molecule is Cc1ccc(C)c(S(=O)(=O)NCCNC(=O)CSc2nc3ccccc3s2)c1. The summed E-state index contributed by atoms with van der Waals surface area (Å²) in [6, 6.07) is 13.1. The summed E-state index contributed by atoms with van der Waals surface area (Å²) in [5.41, 5.74) is 2.50. The second-order valence-corrected chi connectivity index (χ2v) is 10.2. The number of nitrogens with zero attached hydrogens (tertiary/aromatic N) is 1. The molecule has 28 heavy (non-hydrogen) atoms. The highest BCUT2D eigenvalue weighted by Crippen LogP contribution is 2.28. The Hall–Kier alpha value is -1.94. The number of carbonyl (C=O) groups excluding carboxylic acids is 1. The van der Waals surface area contributed by atoms with Crippen molar-refractivity contribution in [1.82, 2.24) is 15.0 Å². The summed E-state index contributed by atoms with van der Waals surface area (Å²) in [7, 11) is -3.60. The highest BCUT2D eigenvalue weighted by molar-refractivity contribution is 8.01. The molecular weight excluding hydrogens is 414 g/mol. The van der Waals surface area contributed by atoms with Crippen LogP contribution in [-0.2, 0) is 14.8 Å². The Labute approximate surface area is 172 Å². The van der Waals surface area contributed by atoms with Crippen LogP contribution >= 0.6 is 23.1 Å². The Morgan fingerprint density at radius 2 is 1.93 bits per heavy atom. The Kier molecular flexibility index (Phi) is 6.71. The van der Waals surface area contributed by atoms with Crippen LogP contribution in [0.15, 0.2) is 51.7 Å². The van der Waals surface area contributed by atoms with Gasteiger partial charge in [-0.1, -0.05) is 36.0 Å². The summed E-state index contributed by atoms with van der Waals surface area (Å²) in [4.78, 5) is 16.7. The van der Waals surface area contributed by atoms with Crippen molar-refractivity contribution in [3.8, 4) is 0 Å². The zero-order chi connectivity index (χ0) is 20.1. The number of fused-ring (bicyclic) bond motifs is 1. The minimum absolute atomic E-state index is 0.132. The largest absolute Gasteiger partial charge is 0.354 e. The monoisotopic (exact) mass is 435 g/mol. The van der Waals surface area contributed by atoms with Gasteiger partial charge in [0.15, 0.2) is 4.34 Å². The fraction of sp³-hybridized carbons (Fsp3) is 0.263. The van der Waals surface area contributed by atoms with E-state index in [1.165, 1.54) is 11.8 Å². The quantitative estimate of drug-likeness (QED) is 0.419. The molecule has 2 aromatic carbocycles. The number of para-hydroxylation sites is 1. The van der Waals surface area contributed by atoms with Crippen LogP contribution in [0.3, 0.4) is 0 Å². The van der Waals surface area contributed by atoms with Crippen LogP contribution in [0.5, 0.6) is 0 Å². The van der Waals surface area contributed by atoms with Crippen molar-refractivity contribution in [2.24, 2.45) is 0 Å². The van der Waals surface area contributed by atoms with E-state index in [-0.39, 0.29) is 29.6 Å². The van der Waals surface area contributed by atoms with Crippen molar-refractivity contribution in [2.45, 2.75) is 23.1 Å². The molecule has 0 aliphatic heterocycles. The number of hydrogen-bond acceptors (Lipinski definition) is 6. The van der Waals surface area contributed by atoms with Gasteiger partial charge in [-0.2, -0.15) is 0 Å². The number of aryl methyl sites for hydroxylation is 2. The molecule has 0 aliphatic carbocycles. The summed E-state index contributed by atoms with van der Waals surface area (Å²) in [6.07, 6.45) is 0. The molecule has 148 valence electrons. The first kappa shape index (κ1) is 20.8. The predicted octanol–water partition coefficient (Wildman–Crippen LogP) is 3.10. The molecule has 0 radical (unpaired) electrons. The molecule has 0 atom stereocenters. The van der Waals surface area contributed by atoms with Crippen LogP contribution in [0.1, 0.15) is 11.1 Å². The van der Waals surface area contributed by atoms with E-state index in [4.69, 9.17) is 0 Å². The zero-order valence-electron chi connectivity index (χ0n) is 15.6. The van der Waals surface area contributed by atoms with Crippen molar-refractivity contribution in [3.05, 3.63) is 53.6 Å². The molecule has 3 rings (SSSR count). The lowest BCUT2D eigenvalue weighted by atomic mass is 10.2. The van der Waals surface area contributed by atoms with Gasteiger partial charge in [-0.15, -0.1) is 11.3 Å². The van der Waals surface area contributed by atoms with Crippen molar-refractivity contribution in [2.75, 3.05) is 18.8 Å². The summed E-state index contributed by atoms with van der Waals surface area (Å²) in [5.74, 6) is 0.0824. The lowest BCUT2D eigenvalue weighted by molar-refractivity contribution is -0.118. The van der Waals surface area contributed by atoms with Gasteiger partial charge in [-0.3, -0.25) is 4.79 Å². The highest BCUT2D eigenvalue weighted by atomic mass is 32.2. The number of nitrogens with one attached hydrogen (secondary N) is 2. The maximum atomic E-state index is 12.4. The first-order valence-electron chi connectivity index (χ1n) is 8.67. The van der Waals surface area contributed by atoms with Crippen LogP contribution in [-0.4, -0.2) is 38.2 Å². The van der Waals surface area contributed by atoms with Gasteiger partial charge in [0.25, 0.3) is 0 Å². The van der Waals surface area contributed by atoms with Crippen molar-refractivity contribution in [3.63, 3.8) is 0 Å². The van der Waals surface area contributed by atoms with Gasteiger partial charge < -0.3 is 5.32 Å². The van der Waals surface area contributed by atoms with E-state index < -0.39 is 10.0 Å². The average Bonchev–Trinajstić information content (AvgIpc) is 3.08. The number of thiazole rings is 1. The minimum atomic E-state index is -3.60. The van der Waals surface area contributed by atoms with Crippen LogP contribution in [0, 0.1) is 13.8 Å². The number of aromatic nitrogens is 1. The van der Waals surface area contributed by atoms with E-state index in [1.54, 1.807) is 30.4 Å². The third kappa shape index (κ3) is 5.32. The van der Waals surface area contributed by atoms with Crippen LogP contribution in [0.25, 0.3) is 10.2 Å². The molecule has 0 bridgehead atoms. The lowest BCUT2D eigenvalue weighted by Gasteiger charge is -2.10. The Balaban J connectivity index is 1.44. The molecule has 0 saturated carbocycles. The van der Waals surface area contributed by atoms with Crippen molar-refractivity contribution >= 4 is 49.2 Å². The minimum Gasteiger partial charge on any atom is -0.354 e. The lowest BCUT2D eigenvalue weighted by Crippen LogP contribution is -2.35. The number of sulfonamides is 1. The Bertz CT molecular complexity index is 1060. The van der Waals surface area contributed by atoms with Gasteiger partial charge in [0, 0.05) is 13.1 Å². The molecule has 0 saturated heterocycles. The average molecular weight is 436 g/mol. The van der Waals surface area contributed by atoms with Gasteiger partial charge in [0.05, 0.1) is 20.9 Å². The molecule has 6 nitrogen and oxygen atoms in total. The summed E-state index contributed by atoms with van der Waals surface area (Å²) in [5, 5.41) is 2.73. The highest BCUT2D eigenvalue weighted by Gasteiger charge is 2.16. The van der Waals surface area contributed by atoms with Crippen LogP contribution < -0.4 is 10.0 Å². The topological polar surface area (TPSA) is 88.2 Å². The molecule has 1 aromatic heterocycles. The third-order valence-electron chi connectivity index (χ3n) is 3.97. The Morgan fingerprint density at radius 1 is 1.14 bits per heavy atom. The molecule has 9 heteroatoms. The fourth-order valence-electron chi connectivity index (χ4n) is 2.55. The molecule has 0 unspecified atom stereocenters. The molecule has 2 N–H and O–H groups in total. The van der Waals surface area contributed by atoms with E-state index in [0.717, 1.165) is 20.1 Å². The predicted molar refractivity (Wildman–Crippen MR) is 114 cm³/mol. The summed E-state index contributed by atoms with van der Waals surface area (Å²) >= 11 is 2.93. The normalized spacial score (nSPS) is 11.6. The van der Waals surface area contributed by atoms with Crippen LogP contribution in [0.2, 0.25) is 0 Å². The number of hydrogen-bond donors (Lipinski definition) is 2. The maximum absolute atomic E-state index is 12.4. The number of rotatable bonds is 8. The number of thioether (sulfide) groups is 1. The number of amides is 1. The smallest absolute Gasteiger partial charge is 0.240 e. The van der Waals surface area contributed by atoms with E-state index in [1.807, 2.05) is 37.3 Å². The third-order valence-corrected chi connectivity index (χ3v) is 7.76. The van der Waals surface area contributed by atoms with Gasteiger partial charge in [0.1, 0.15) is 0 Å². The first-order valence-corrected chi connectivity index (χ1v) is 12.0. The van der Waals surface area contributed by atoms with Crippen molar-refractivity contribution < 1.29 is 13.2 Å². The van der Waals surface area contributed by atoms with Gasteiger partial charge in [-0.05, 0) is 43.2 Å². The second kappa shape index (κ2) is 9.04. The van der Waals surface area contributed by atoms with Gasteiger partial charge in [-0.25, -0.2) is 18.1 Å². The zero-order valence-corrected chi connectivity index (χ0v) is 18.0. The first-order chi connectivity index (χ1) is 13.3. The van der Waals surface area contributed by atoms with Crippen molar-refractivity contribution in [1.29, 1.82) is 0 Å². The van der Waals surface area contributed by atoms with E-state index >= 15 is 0 Å². The molecule has 3 aromatic rings. The molecule has 1 heterocycles. The van der Waals surface area contributed by atoms with E-state index in [9.17, 15) is 13.2 Å². The molecule has 1 amide bonds. The standard InChI is InChI=1S/C19H21N3O3S3/c1-13-7-8-14(2)17(11-13)28(24,25)21-10-9-20-18(23)12-26-19-22-15-5-3-4-6-16(15)27-19/h3-8,11,21H,9-10,12H2,1-2H3,(H,20,23). The fourth-order valence-corrected chi connectivity index (χ4v) is 5.81. The molecule has 0 aliphatic rings. The number of carbonyl (C=O) groups is 1. The molecule has 0 fully saturated rings. The van der Waals surface area contributed by atoms with Gasteiger partial charge >= 0.3 is 0 Å². The summed E-state index contributed by atoms with van der Waals surface area (Å²) < 4.78 is 29.3. The van der Waals surface area contributed by atoms with E-state index in [0.29, 0.717) is 5.56 Å². The molecular formula is C19H21N3O3S3. The second-order valence-electron chi connectivity index (χ2n) is 6.25. The molecule has 0 spiro atoms. The van der Waals surface area contributed by atoms with Crippen LogP contribution in [0.4, 0.5) is 0 Å². The number of benzene rings is 2. The summed E-state index contributed by atoms with van der Waals surface area (Å²) in [6.45, 7) is 3.97. The maximum Gasteiger partial charge on any atom is 0.240 e.